The number of likely N-dealkylation sites (tertiary alicyclic amines) is 1. The van der Waals surface area contributed by atoms with E-state index in [1.54, 1.807) is 24.3 Å². The summed E-state index contributed by atoms with van der Waals surface area (Å²) in [5.41, 5.74) is 6.48. The van der Waals surface area contributed by atoms with Crippen molar-refractivity contribution in [2.45, 2.75) is 31.7 Å². The van der Waals surface area contributed by atoms with Crippen LogP contribution in [-0.4, -0.2) is 38.7 Å². The zero-order valence-corrected chi connectivity index (χ0v) is 13.8. The van der Waals surface area contributed by atoms with Gasteiger partial charge in [0.2, 0.25) is 0 Å². The molecule has 2 atom stereocenters. The second-order valence-corrected chi connectivity index (χ2v) is 8.32. The third-order valence-electron chi connectivity index (χ3n) is 4.61. The fourth-order valence-corrected chi connectivity index (χ4v) is 4.04. The van der Waals surface area contributed by atoms with Crippen molar-refractivity contribution in [3.8, 4) is 0 Å². The Labute approximate surface area is 128 Å². The van der Waals surface area contributed by atoms with E-state index in [0.717, 1.165) is 31.0 Å². The van der Waals surface area contributed by atoms with Gasteiger partial charge in [0.05, 0.1) is 10.6 Å². The number of nitrogens with zero attached hydrogens (tertiary/aromatic N) is 1. The van der Waals surface area contributed by atoms with E-state index in [1.807, 2.05) is 0 Å². The highest BCUT2D eigenvalue weighted by Crippen LogP contribution is 2.22. The first kappa shape index (κ1) is 16.5. The van der Waals surface area contributed by atoms with E-state index < -0.39 is 9.84 Å². The smallest absolute Gasteiger partial charge is 0.179 e. The molecule has 1 saturated heterocycles. The number of hydrogen-bond acceptors (Lipinski definition) is 4. The second-order valence-electron chi connectivity index (χ2n) is 6.21. The van der Waals surface area contributed by atoms with Crippen molar-refractivity contribution in [1.29, 1.82) is 0 Å². The molecule has 0 bridgehead atoms. The maximum absolute atomic E-state index is 12.4. The molecular formula is C16H26N2O2S. The minimum Gasteiger partial charge on any atom is -0.326 e. The average Bonchev–Trinajstić information content (AvgIpc) is 2.48. The lowest BCUT2D eigenvalue weighted by Crippen LogP contribution is -2.40. The Balaban J connectivity index is 1.94. The number of benzene rings is 1. The molecule has 0 amide bonds. The summed E-state index contributed by atoms with van der Waals surface area (Å²) in [6.07, 6.45) is 1.16. The molecule has 1 aromatic rings. The molecule has 2 rings (SSSR count). The van der Waals surface area contributed by atoms with Crippen LogP contribution in [-0.2, 0) is 16.4 Å². The van der Waals surface area contributed by atoms with Gasteiger partial charge in [-0.1, -0.05) is 26.0 Å². The zero-order valence-electron chi connectivity index (χ0n) is 13.0. The van der Waals surface area contributed by atoms with Crippen molar-refractivity contribution in [2.24, 2.45) is 17.6 Å². The van der Waals surface area contributed by atoms with Gasteiger partial charge in [-0.2, -0.15) is 0 Å². The normalized spacial score (nSPS) is 24.1. The quantitative estimate of drug-likeness (QED) is 0.902. The first-order valence-corrected chi connectivity index (χ1v) is 9.31. The molecule has 0 radical (unpaired) electrons. The van der Waals surface area contributed by atoms with E-state index in [9.17, 15) is 8.42 Å². The van der Waals surface area contributed by atoms with Gasteiger partial charge in [0.15, 0.2) is 9.84 Å². The molecule has 5 heteroatoms. The Morgan fingerprint density at radius 3 is 2.43 bits per heavy atom. The van der Waals surface area contributed by atoms with E-state index in [0.29, 0.717) is 23.9 Å². The number of nitrogens with two attached hydrogens (primary N) is 1. The van der Waals surface area contributed by atoms with Crippen LogP contribution in [0.1, 0.15) is 25.8 Å². The number of hydrogen-bond donors (Lipinski definition) is 1. The van der Waals surface area contributed by atoms with Crippen molar-refractivity contribution in [1.82, 2.24) is 4.90 Å². The number of piperidine rings is 1. The zero-order chi connectivity index (χ0) is 15.5. The highest BCUT2D eigenvalue weighted by atomic mass is 32.2. The summed E-state index contributed by atoms with van der Waals surface area (Å²) < 4.78 is 24.7. The topological polar surface area (TPSA) is 63.4 Å². The van der Waals surface area contributed by atoms with Gasteiger partial charge in [0.1, 0.15) is 0 Å². The van der Waals surface area contributed by atoms with Gasteiger partial charge in [-0.25, -0.2) is 8.42 Å². The van der Waals surface area contributed by atoms with Crippen LogP contribution in [0.4, 0.5) is 0 Å². The molecule has 4 nitrogen and oxygen atoms in total. The average molecular weight is 310 g/mol. The Morgan fingerprint density at radius 1 is 1.19 bits per heavy atom. The number of sulfone groups is 1. The fraction of sp³-hybridized carbons (Fsp3) is 0.625. The van der Waals surface area contributed by atoms with Gasteiger partial charge in [-0.15, -0.1) is 0 Å². The predicted octanol–water partition coefficient (Wildman–Crippen LogP) is 1.90. The van der Waals surface area contributed by atoms with Crippen molar-refractivity contribution in [3.63, 3.8) is 0 Å². The number of rotatable bonds is 5. The van der Waals surface area contributed by atoms with Crippen LogP contribution in [0.3, 0.4) is 0 Å². The summed E-state index contributed by atoms with van der Waals surface area (Å²) in [5.74, 6) is 1.57. The predicted molar refractivity (Wildman–Crippen MR) is 85.8 cm³/mol. The van der Waals surface area contributed by atoms with E-state index >= 15 is 0 Å². The molecule has 2 N–H and O–H groups in total. The van der Waals surface area contributed by atoms with Crippen molar-refractivity contribution >= 4 is 9.84 Å². The largest absolute Gasteiger partial charge is 0.326 e. The van der Waals surface area contributed by atoms with Crippen molar-refractivity contribution in [2.75, 3.05) is 25.4 Å². The van der Waals surface area contributed by atoms with E-state index in [2.05, 4.69) is 18.7 Å². The van der Waals surface area contributed by atoms with Crippen LogP contribution < -0.4 is 5.73 Å². The van der Waals surface area contributed by atoms with Gasteiger partial charge in [-0.3, -0.25) is 0 Å². The van der Waals surface area contributed by atoms with Crippen molar-refractivity contribution in [3.05, 3.63) is 29.8 Å². The third-order valence-corrected chi connectivity index (χ3v) is 6.32. The van der Waals surface area contributed by atoms with Crippen LogP contribution >= 0.6 is 0 Å². The minimum atomic E-state index is -3.20. The first-order valence-electron chi connectivity index (χ1n) is 7.66. The highest BCUT2D eigenvalue weighted by molar-refractivity contribution is 7.91. The molecular weight excluding hydrogens is 284 g/mol. The fourth-order valence-electron chi connectivity index (χ4n) is 2.75. The van der Waals surface area contributed by atoms with Crippen LogP contribution in [0.15, 0.2) is 29.2 Å². The molecule has 118 valence electrons. The summed E-state index contributed by atoms with van der Waals surface area (Å²) in [5, 5.41) is 0. The molecule has 21 heavy (non-hydrogen) atoms. The maximum atomic E-state index is 12.4. The summed E-state index contributed by atoms with van der Waals surface area (Å²) in [6.45, 7) is 7.59. The van der Waals surface area contributed by atoms with E-state index in [1.165, 1.54) is 0 Å². The van der Waals surface area contributed by atoms with E-state index in [-0.39, 0.29) is 5.75 Å². The molecule has 1 heterocycles. The SMILES string of the molecule is CC1CCN(CCS(=O)(=O)c2ccc(CN)cc2)CC1C. The molecule has 0 saturated carbocycles. The lowest BCUT2D eigenvalue weighted by Gasteiger charge is -2.35. The summed E-state index contributed by atoms with van der Waals surface area (Å²) in [4.78, 5) is 2.68. The Kier molecular flexibility index (Phi) is 5.41. The van der Waals surface area contributed by atoms with Crippen LogP contribution in [0.25, 0.3) is 0 Å². The third kappa shape index (κ3) is 4.28. The first-order chi connectivity index (χ1) is 9.92. The summed E-state index contributed by atoms with van der Waals surface area (Å²) >= 11 is 0. The molecule has 0 aromatic heterocycles. The van der Waals surface area contributed by atoms with Gasteiger partial charge < -0.3 is 10.6 Å². The molecule has 2 unspecified atom stereocenters. The molecule has 1 aromatic carbocycles. The molecule has 1 aliphatic rings. The Bertz CT molecular complexity index is 554. The maximum Gasteiger partial charge on any atom is 0.179 e. The van der Waals surface area contributed by atoms with Crippen LogP contribution in [0.2, 0.25) is 0 Å². The van der Waals surface area contributed by atoms with E-state index in [4.69, 9.17) is 5.73 Å². The monoisotopic (exact) mass is 310 g/mol. The van der Waals surface area contributed by atoms with Crippen molar-refractivity contribution < 1.29 is 8.42 Å². The van der Waals surface area contributed by atoms with Gasteiger partial charge >= 0.3 is 0 Å². The molecule has 0 aliphatic carbocycles. The summed E-state index contributed by atoms with van der Waals surface area (Å²) in [7, 11) is -3.20. The van der Waals surface area contributed by atoms with Gasteiger partial charge in [0.25, 0.3) is 0 Å². The van der Waals surface area contributed by atoms with Gasteiger partial charge in [0, 0.05) is 19.6 Å². The van der Waals surface area contributed by atoms with Gasteiger partial charge in [-0.05, 0) is 42.5 Å². The Hall–Kier alpha value is -0.910. The lowest BCUT2D eigenvalue weighted by atomic mass is 9.89. The highest BCUT2D eigenvalue weighted by Gasteiger charge is 2.24. The Morgan fingerprint density at radius 2 is 1.86 bits per heavy atom. The molecule has 1 aliphatic heterocycles. The molecule has 1 fully saturated rings. The lowest BCUT2D eigenvalue weighted by molar-refractivity contribution is 0.145. The van der Waals surface area contributed by atoms with Crippen LogP contribution in [0.5, 0.6) is 0 Å². The minimum absolute atomic E-state index is 0.191. The molecule has 0 spiro atoms. The van der Waals surface area contributed by atoms with Crippen LogP contribution in [0, 0.1) is 11.8 Å². The standard InChI is InChI=1S/C16H26N2O2S/c1-13-7-8-18(12-14(13)2)9-10-21(19,20)16-5-3-15(11-17)4-6-16/h3-6,13-14H,7-12,17H2,1-2H3. The summed E-state index contributed by atoms with van der Waals surface area (Å²) in [6, 6.07) is 6.91. The second kappa shape index (κ2) is 6.90.